The Morgan fingerprint density at radius 1 is 1.33 bits per heavy atom. The zero-order valence-electron chi connectivity index (χ0n) is 11.2. The van der Waals surface area contributed by atoms with Crippen LogP contribution >= 0.6 is 0 Å². The summed E-state index contributed by atoms with van der Waals surface area (Å²) in [4.78, 5) is 0.455. The van der Waals surface area contributed by atoms with Crippen LogP contribution in [-0.2, 0) is 16.4 Å². The second-order valence-corrected chi connectivity index (χ2v) is 7.01. The van der Waals surface area contributed by atoms with Crippen LogP contribution < -0.4 is 4.72 Å². The first-order valence-electron chi connectivity index (χ1n) is 6.58. The molecule has 18 heavy (non-hydrogen) atoms. The number of nitrogens with one attached hydrogen (secondary N) is 1. The van der Waals surface area contributed by atoms with Crippen molar-refractivity contribution in [1.29, 1.82) is 0 Å². The van der Waals surface area contributed by atoms with Crippen molar-refractivity contribution in [2.24, 2.45) is 5.92 Å². The van der Waals surface area contributed by atoms with Crippen molar-refractivity contribution in [3.63, 3.8) is 0 Å². The normalized spacial score (nSPS) is 19.6. The molecular weight excluding hydrogens is 246 g/mol. The molecule has 0 bridgehead atoms. The smallest absolute Gasteiger partial charge is 0.211 e. The first kappa shape index (κ1) is 13.6. The van der Waals surface area contributed by atoms with E-state index in [1.54, 1.807) is 6.07 Å². The highest BCUT2D eigenvalue weighted by Crippen LogP contribution is 2.31. The molecule has 0 aromatic heterocycles. The van der Waals surface area contributed by atoms with Gasteiger partial charge in [-0.05, 0) is 41.9 Å². The molecule has 1 N–H and O–H groups in total. The van der Waals surface area contributed by atoms with Crippen LogP contribution in [0.25, 0.3) is 0 Å². The van der Waals surface area contributed by atoms with Crippen LogP contribution in [0.2, 0.25) is 0 Å². The number of hydrogen-bond donors (Lipinski definition) is 1. The van der Waals surface area contributed by atoms with E-state index in [9.17, 15) is 8.42 Å². The summed E-state index contributed by atoms with van der Waals surface area (Å²) in [6.07, 6.45) is 1.87. The standard InChI is InChI=1S/C14H21NO2S/c1-4-13(10(2)3)11-5-6-14-12(9-11)7-8-15-18(14,16)17/h5-6,9-10,13,15H,4,7-8H2,1-3H3. The van der Waals surface area contributed by atoms with E-state index in [0.29, 0.717) is 23.3 Å². The Balaban J connectivity index is 2.45. The summed E-state index contributed by atoms with van der Waals surface area (Å²) < 4.78 is 26.3. The van der Waals surface area contributed by atoms with E-state index in [1.165, 1.54) is 5.56 Å². The fraction of sp³-hybridized carbons (Fsp3) is 0.571. The second kappa shape index (κ2) is 5.02. The quantitative estimate of drug-likeness (QED) is 0.915. The Labute approximate surface area is 110 Å². The molecule has 0 aliphatic carbocycles. The van der Waals surface area contributed by atoms with E-state index >= 15 is 0 Å². The Bertz CT molecular complexity index is 535. The number of sulfonamides is 1. The Hall–Kier alpha value is -0.870. The largest absolute Gasteiger partial charge is 0.240 e. The molecule has 0 radical (unpaired) electrons. The molecule has 0 spiro atoms. The molecule has 0 saturated carbocycles. The average Bonchev–Trinajstić information content (AvgIpc) is 2.28. The SMILES string of the molecule is CCC(c1ccc2c(c1)CCNS2(=O)=O)C(C)C. The van der Waals surface area contributed by atoms with Gasteiger partial charge >= 0.3 is 0 Å². The highest BCUT2D eigenvalue weighted by atomic mass is 32.2. The summed E-state index contributed by atoms with van der Waals surface area (Å²) >= 11 is 0. The lowest BCUT2D eigenvalue weighted by Gasteiger charge is -2.23. The highest BCUT2D eigenvalue weighted by molar-refractivity contribution is 7.89. The van der Waals surface area contributed by atoms with Gasteiger partial charge in [0.15, 0.2) is 0 Å². The molecule has 1 aliphatic rings. The van der Waals surface area contributed by atoms with Gasteiger partial charge < -0.3 is 0 Å². The Morgan fingerprint density at radius 2 is 2.06 bits per heavy atom. The van der Waals surface area contributed by atoms with Crippen molar-refractivity contribution in [3.8, 4) is 0 Å². The number of rotatable bonds is 3. The maximum absolute atomic E-state index is 11.8. The zero-order chi connectivity index (χ0) is 13.3. The van der Waals surface area contributed by atoms with Crippen molar-refractivity contribution in [1.82, 2.24) is 4.72 Å². The average molecular weight is 267 g/mol. The summed E-state index contributed by atoms with van der Waals surface area (Å²) in [7, 11) is -3.26. The molecule has 1 aromatic rings. The molecule has 0 saturated heterocycles. The molecule has 1 aromatic carbocycles. The highest BCUT2D eigenvalue weighted by Gasteiger charge is 2.24. The zero-order valence-corrected chi connectivity index (χ0v) is 12.0. The minimum absolute atomic E-state index is 0.455. The van der Waals surface area contributed by atoms with E-state index in [4.69, 9.17) is 0 Å². The van der Waals surface area contributed by atoms with E-state index in [-0.39, 0.29) is 0 Å². The molecule has 1 unspecified atom stereocenters. The number of hydrogen-bond acceptors (Lipinski definition) is 2. The first-order chi connectivity index (χ1) is 8.45. The topological polar surface area (TPSA) is 46.2 Å². The first-order valence-corrected chi connectivity index (χ1v) is 8.06. The van der Waals surface area contributed by atoms with Crippen LogP contribution in [0.15, 0.2) is 23.1 Å². The molecule has 1 atom stereocenters. The summed E-state index contributed by atoms with van der Waals surface area (Å²) in [5.74, 6) is 1.08. The van der Waals surface area contributed by atoms with Crippen LogP contribution in [0.3, 0.4) is 0 Å². The van der Waals surface area contributed by atoms with Crippen LogP contribution in [0, 0.1) is 5.92 Å². The van der Waals surface area contributed by atoms with Gasteiger partial charge in [0.2, 0.25) is 10.0 Å². The van der Waals surface area contributed by atoms with E-state index in [1.807, 2.05) is 6.07 Å². The van der Waals surface area contributed by atoms with E-state index in [0.717, 1.165) is 18.4 Å². The van der Waals surface area contributed by atoms with Crippen molar-refractivity contribution in [3.05, 3.63) is 29.3 Å². The Kier molecular flexibility index (Phi) is 3.78. The van der Waals surface area contributed by atoms with Crippen molar-refractivity contribution in [2.45, 2.75) is 44.4 Å². The third-order valence-electron chi connectivity index (χ3n) is 3.73. The van der Waals surface area contributed by atoms with Crippen molar-refractivity contribution < 1.29 is 8.42 Å². The number of benzene rings is 1. The second-order valence-electron chi connectivity index (χ2n) is 5.27. The van der Waals surface area contributed by atoms with Crippen LogP contribution in [-0.4, -0.2) is 15.0 Å². The lowest BCUT2D eigenvalue weighted by molar-refractivity contribution is 0.484. The van der Waals surface area contributed by atoms with Crippen LogP contribution in [0.4, 0.5) is 0 Å². The Morgan fingerprint density at radius 3 is 2.67 bits per heavy atom. The fourth-order valence-corrected chi connectivity index (χ4v) is 4.06. The summed E-state index contributed by atoms with van der Waals surface area (Å²) in [5.41, 5.74) is 2.23. The molecule has 0 fully saturated rings. The van der Waals surface area contributed by atoms with Gasteiger partial charge in [0.05, 0.1) is 4.90 Å². The van der Waals surface area contributed by atoms with Crippen LogP contribution in [0.1, 0.15) is 44.2 Å². The third-order valence-corrected chi connectivity index (χ3v) is 5.29. The number of fused-ring (bicyclic) bond motifs is 1. The van der Waals surface area contributed by atoms with Crippen LogP contribution in [0.5, 0.6) is 0 Å². The molecule has 1 aliphatic heterocycles. The third kappa shape index (κ3) is 2.45. The predicted molar refractivity (Wildman–Crippen MR) is 73.2 cm³/mol. The van der Waals surface area contributed by atoms with Gasteiger partial charge in [-0.3, -0.25) is 0 Å². The summed E-state index contributed by atoms with van der Waals surface area (Å²) in [6.45, 7) is 7.12. The van der Waals surface area contributed by atoms with Gasteiger partial charge in [-0.1, -0.05) is 32.9 Å². The van der Waals surface area contributed by atoms with Crippen molar-refractivity contribution in [2.75, 3.05) is 6.54 Å². The predicted octanol–water partition coefficient (Wildman–Crippen LogP) is 2.67. The van der Waals surface area contributed by atoms with E-state index < -0.39 is 10.0 Å². The van der Waals surface area contributed by atoms with Gasteiger partial charge in [0, 0.05) is 6.54 Å². The fourth-order valence-electron chi connectivity index (χ4n) is 2.78. The van der Waals surface area contributed by atoms with E-state index in [2.05, 4.69) is 31.6 Å². The van der Waals surface area contributed by atoms with Gasteiger partial charge in [-0.25, -0.2) is 13.1 Å². The van der Waals surface area contributed by atoms with Gasteiger partial charge in [-0.2, -0.15) is 0 Å². The summed E-state index contributed by atoms with van der Waals surface area (Å²) in [6, 6.07) is 5.82. The molecular formula is C14H21NO2S. The lowest BCUT2D eigenvalue weighted by Crippen LogP contribution is -2.31. The monoisotopic (exact) mass is 267 g/mol. The molecule has 3 nitrogen and oxygen atoms in total. The molecule has 2 rings (SSSR count). The lowest BCUT2D eigenvalue weighted by atomic mass is 9.85. The molecule has 0 amide bonds. The molecule has 4 heteroatoms. The summed E-state index contributed by atoms with van der Waals surface area (Å²) in [5, 5.41) is 0. The van der Waals surface area contributed by atoms with Gasteiger partial charge in [0.25, 0.3) is 0 Å². The van der Waals surface area contributed by atoms with Gasteiger partial charge in [-0.15, -0.1) is 0 Å². The molecule has 1 heterocycles. The minimum Gasteiger partial charge on any atom is -0.211 e. The van der Waals surface area contributed by atoms with Gasteiger partial charge in [0.1, 0.15) is 0 Å². The minimum atomic E-state index is -3.26. The molecule has 100 valence electrons. The van der Waals surface area contributed by atoms with Crippen molar-refractivity contribution >= 4 is 10.0 Å². The maximum atomic E-state index is 11.8. The maximum Gasteiger partial charge on any atom is 0.240 e.